The van der Waals surface area contributed by atoms with E-state index in [1.54, 1.807) is 0 Å². The molecule has 0 aromatic heterocycles. The third-order valence-corrected chi connectivity index (χ3v) is 7.34. The number of hydrogen-bond donors (Lipinski definition) is 2. The number of carbonyl (C=O) groups is 1. The molecule has 1 heterocycles. The molecule has 2 rings (SSSR count). The van der Waals surface area contributed by atoms with Crippen molar-refractivity contribution in [1.82, 2.24) is 5.32 Å². The third kappa shape index (κ3) is 3.13. The highest BCUT2D eigenvalue weighted by atomic mass is 79.9. The normalized spacial score (nSPS) is 20.2. The summed E-state index contributed by atoms with van der Waals surface area (Å²) >= 11 is 4.47. The molecule has 1 fully saturated rings. The Labute approximate surface area is 123 Å². The average molecular weight is 366 g/mol. The maximum absolute atomic E-state index is 12.4. The van der Waals surface area contributed by atoms with E-state index < -0.39 is 20.4 Å². The Hall–Kier alpha value is -0.570. The SMILES string of the molecule is O=C(O)c1cc(S(=O)(=O)C2CNCCS2)ccc1Br. The molecular formula is C11H12BrNO4S2. The fourth-order valence-electron chi connectivity index (χ4n) is 1.74. The number of benzene rings is 1. The van der Waals surface area contributed by atoms with Crippen molar-refractivity contribution in [1.29, 1.82) is 0 Å². The summed E-state index contributed by atoms with van der Waals surface area (Å²) in [7, 11) is -3.52. The second kappa shape index (κ2) is 5.82. The van der Waals surface area contributed by atoms with Crippen molar-refractivity contribution >= 4 is 43.5 Å². The maximum atomic E-state index is 12.4. The third-order valence-electron chi connectivity index (χ3n) is 2.74. The smallest absolute Gasteiger partial charge is 0.336 e. The lowest BCUT2D eigenvalue weighted by Crippen LogP contribution is -2.37. The zero-order chi connectivity index (χ0) is 14.0. The van der Waals surface area contributed by atoms with Crippen LogP contribution in [0.3, 0.4) is 0 Å². The van der Waals surface area contributed by atoms with Gasteiger partial charge in [0.1, 0.15) is 4.58 Å². The fourth-order valence-corrected chi connectivity index (χ4v) is 5.43. The first-order valence-corrected chi connectivity index (χ1v) is 8.91. The fraction of sp³-hybridized carbons (Fsp3) is 0.364. The molecule has 1 saturated heterocycles. The zero-order valence-corrected chi connectivity index (χ0v) is 13.0. The van der Waals surface area contributed by atoms with Crippen LogP contribution in [0.2, 0.25) is 0 Å². The predicted molar refractivity (Wildman–Crippen MR) is 77.4 cm³/mol. The maximum Gasteiger partial charge on any atom is 0.336 e. The van der Waals surface area contributed by atoms with E-state index in [1.165, 1.54) is 30.0 Å². The van der Waals surface area contributed by atoms with Gasteiger partial charge in [-0.15, -0.1) is 11.8 Å². The highest BCUT2D eigenvalue weighted by Gasteiger charge is 2.30. The van der Waals surface area contributed by atoms with Gasteiger partial charge < -0.3 is 10.4 Å². The summed E-state index contributed by atoms with van der Waals surface area (Å²) in [5.41, 5.74) is -0.0464. The summed E-state index contributed by atoms with van der Waals surface area (Å²) in [5.74, 6) is -0.426. The molecule has 0 saturated carbocycles. The standard InChI is InChI=1S/C11H12BrNO4S2/c12-9-2-1-7(5-8(9)11(14)15)19(16,17)10-6-13-3-4-18-10/h1-2,5,10,13H,3-4,6H2,(H,14,15). The van der Waals surface area contributed by atoms with E-state index in [1.807, 2.05) is 0 Å². The minimum absolute atomic E-state index is 0.0464. The van der Waals surface area contributed by atoms with E-state index in [2.05, 4.69) is 21.2 Å². The number of halogens is 1. The van der Waals surface area contributed by atoms with Gasteiger partial charge in [0.05, 0.1) is 10.5 Å². The molecule has 1 atom stereocenters. The van der Waals surface area contributed by atoms with Crippen LogP contribution in [0.5, 0.6) is 0 Å². The van der Waals surface area contributed by atoms with Gasteiger partial charge in [-0.05, 0) is 34.1 Å². The number of sulfone groups is 1. The highest BCUT2D eigenvalue weighted by molar-refractivity contribution is 9.10. The van der Waals surface area contributed by atoms with Gasteiger partial charge in [0.2, 0.25) is 0 Å². The molecule has 1 aromatic carbocycles. The first-order valence-electron chi connectivity index (χ1n) is 5.52. The Kier molecular flexibility index (Phi) is 4.54. The van der Waals surface area contributed by atoms with Crippen molar-refractivity contribution in [3.63, 3.8) is 0 Å². The molecule has 0 radical (unpaired) electrons. The molecular weight excluding hydrogens is 354 g/mol. The number of aromatic carboxylic acids is 1. The number of hydrogen-bond acceptors (Lipinski definition) is 5. The zero-order valence-electron chi connectivity index (χ0n) is 9.80. The van der Waals surface area contributed by atoms with Gasteiger partial charge in [0.15, 0.2) is 9.84 Å². The molecule has 0 bridgehead atoms. The summed E-state index contributed by atoms with van der Waals surface area (Å²) in [4.78, 5) is 11.1. The minimum atomic E-state index is -3.52. The van der Waals surface area contributed by atoms with Crippen LogP contribution in [0.25, 0.3) is 0 Å². The van der Waals surface area contributed by atoms with Crippen LogP contribution >= 0.6 is 27.7 Å². The summed E-state index contributed by atoms with van der Waals surface area (Å²) in [6, 6.07) is 4.09. The lowest BCUT2D eigenvalue weighted by molar-refractivity contribution is 0.0695. The topological polar surface area (TPSA) is 83.5 Å². The van der Waals surface area contributed by atoms with Gasteiger partial charge >= 0.3 is 5.97 Å². The van der Waals surface area contributed by atoms with Gasteiger partial charge in [0.25, 0.3) is 0 Å². The Balaban J connectivity index is 2.40. The summed E-state index contributed by atoms with van der Waals surface area (Å²) in [5, 5.41) is 12.1. The molecule has 2 N–H and O–H groups in total. The van der Waals surface area contributed by atoms with Crippen LogP contribution in [0.15, 0.2) is 27.6 Å². The van der Waals surface area contributed by atoms with Crippen LogP contribution in [-0.4, -0.2) is 42.9 Å². The van der Waals surface area contributed by atoms with Crippen LogP contribution in [0.4, 0.5) is 0 Å². The molecule has 1 aliphatic heterocycles. The molecule has 8 heteroatoms. The van der Waals surface area contributed by atoms with Gasteiger partial charge in [-0.1, -0.05) is 0 Å². The van der Waals surface area contributed by atoms with Crippen molar-refractivity contribution in [3.8, 4) is 0 Å². The Morgan fingerprint density at radius 3 is 2.79 bits per heavy atom. The summed E-state index contributed by atoms with van der Waals surface area (Å²) in [6.45, 7) is 1.17. The first-order chi connectivity index (χ1) is 8.93. The second-order valence-electron chi connectivity index (χ2n) is 4.00. The van der Waals surface area contributed by atoms with Gasteiger partial charge in [0, 0.05) is 23.3 Å². The molecule has 0 spiro atoms. The van der Waals surface area contributed by atoms with Crippen molar-refractivity contribution < 1.29 is 18.3 Å². The van der Waals surface area contributed by atoms with Crippen LogP contribution in [0.1, 0.15) is 10.4 Å². The summed E-state index contributed by atoms with van der Waals surface area (Å²) in [6.07, 6.45) is 0. The van der Waals surface area contributed by atoms with Crippen molar-refractivity contribution in [3.05, 3.63) is 28.2 Å². The second-order valence-corrected chi connectivity index (χ2v) is 8.59. The van der Waals surface area contributed by atoms with E-state index in [0.29, 0.717) is 11.0 Å². The van der Waals surface area contributed by atoms with Gasteiger partial charge in [-0.3, -0.25) is 0 Å². The molecule has 1 aliphatic rings. The van der Waals surface area contributed by atoms with Crippen LogP contribution in [-0.2, 0) is 9.84 Å². The largest absolute Gasteiger partial charge is 0.478 e. The first kappa shape index (κ1) is 14.8. The number of carboxylic acids is 1. The van der Waals surface area contributed by atoms with E-state index in [4.69, 9.17) is 5.11 Å². The number of thioether (sulfide) groups is 1. The quantitative estimate of drug-likeness (QED) is 0.845. The Morgan fingerprint density at radius 1 is 1.47 bits per heavy atom. The van der Waals surface area contributed by atoms with Crippen molar-refractivity contribution in [2.75, 3.05) is 18.8 Å². The minimum Gasteiger partial charge on any atom is -0.478 e. The molecule has 0 amide bonds. The van der Waals surface area contributed by atoms with E-state index >= 15 is 0 Å². The molecule has 1 unspecified atom stereocenters. The van der Waals surface area contributed by atoms with E-state index in [9.17, 15) is 13.2 Å². The highest BCUT2D eigenvalue weighted by Crippen LogP contribution is 2.28. The van der Waals surface area contributed by atoms with E-state index in [0.717, 1.165) is 12.3 Å². The number of carboxylic acid groups (broad SMARTS) is 1. The van der Waals surface area contributed by atoms with E-state index in [-0.39, 0.29) is 10.5 Å². The molecule has 104 valence electrons. The Morgan fingerprint density at radius 2 is 2.21 bits per heavy atom. The van der Waals surface area contributed by atoms with Crippen LogP contribution < -0.4 is 5.32 Å². The molecule has 0 aliphatic carbocycles. The monoisotopic (exact) mass is 365 g/mol. The predicted octanol–water partition coefficient (Wildman–Crippen LogP) is 1.58. The average Bonchev–Trinajstić information content (AvgIpc) is 2.39. The van der Waals surface area contributed by atoms with Crippen LogP contribution in [0, 0.1) is 0 Å². The van der Waals surface area contributed by atoms with Gasteiger partial charge in [-0.2, -0.15) is 0 Å². The molecule has 19 heavy (non-hydrogen) atoms. The summed E-state index contributed by atoms with van der Waals surface area (Å²) < 4.78 is 24.6. The number of nitrogens with one attached hydrogen (secondary N) is 1. The molecule has 1 aromatic rings. The van der Waals surface area contributed by atoms with Crippen molar-refractivity contribution in [2.45, 2.75) is 9.48 Å². The lowest BCUT2D eigenvalue weighted by Gasteiger charge is -2.22. The molecule has 5 nitrogen and oxygen atoms in total. The van der Waals surface area contributed by atoms with Gasteiger partial charge in [-0.25, -0.2) is 13.2 Å². The van der Waals surface area contributed by atoms with Crippen molar-refractivity contribution in [2.24, 2.45) is 0 Å². The number of rotatable bonds is 3. The lowest BCUT2D eigenvalue weighted by atomic mass is 10.2. The Bertz CT molecular complexity index is 597.